The maximum Gasteiger partial charge on any atom is 0.238 e. The van der Waals surface area contributed by atoms with Crippen molar-refractivity contribution in [3.05, 3.63) is 41.7 Å². The van der Waals surface area contributed by atoms with Crippen LogP contribution in [0.5, 0.6) is 0 Å². The molecule has 2 amide bonds. The third-order valence-corrected chi connectivity index (χ3v) is 6.29. The van der Waals surface area contributed by atoms with Gasteiger partial charge in [-0.15, -0.1) is 0 Å². The third kappa shape index (κ3) is 5.86. The van der Waals surface area contributed by atoms with Crippen LogP contribution >= 0.6 is 11.8 Å². The molecule has 162 valence electrons. The number of amides is 2. The normalized spacial score (nSPS) is 14.7. The van der Waals surface area contributed by atoms with Crippen LogP contribution in [0.4, 0.5) is 5.69 Å². The van der Waals surface area contributed by atoms with Gasteiger partial charge < -0.3 is 14.8 Å². The van der Waals surface area contributed by atoms with Crippen molar-refractivity contribution >= 4 is 29.3 Å². The highest BCUT2D eigenvalue weighted by molar-refractivity contribution is 7.99. The van der Waals surface area contributed by atoms with Gasteiger partial charge in [0.2, 0.25) is 11.8 Å². The van der Waals surface area contributed by atoms with Gasteiger partial charge in [-0.1, -0.05) is 36.9 Å². The van der Waals surface area contributed by atoms with Crippen molar-refractivity contribution in [1.29, 1.82) is 0 Å². The van der Waals surface area contributed by atoms with E-state index >= 15 is 0 Å². The maximum absolute atomic E-state index is 12.6. The highest BCUT2D eigenvalue weighted by atomic mass is 32.2. The van der Waals surface area contributed by atoms with E-state index in [1.165, 1.54) is 11.8 Å². The van der Waals surface area contributed by atoms with Crippen LogP contribution in [-0.2, 0) is 16.1 Å². The maximum atomic E-state index is 12.6. The van der Waals surface area contributed by atoms with Gasteiger partial charge in [0, 0.05) is 50.8 Å². The number of imidazole rings is 1. The molecule has 0 radical (unpaired) electrons. The molecule has 0 atom stereocenters. The molecule has 1 N–H and O–H groups in total. The summed E-state index contributed by atoms with van der Waals surface area (Å²) in [5, 5.41) is 3.93. The summed E-state index contributed by atoms with van der Waals surface area (Å²) in [6.45, 7) is 10.1. The van der Waals surface area contributed by atoms with Crippen molar-refractivity contribution in [2.45, 2.75) is 38.9 Å². The largest absolute Gasteiger partial charge is 0.339 e. The lowest BCUT2D eigenvalue weighted by molar-refractivity contribution is -0.130. The number of hydrogen-bond acceptors (Lipinski definition) is 5. The second kappa shape index (κ2) is 10.6. The van der Waals surface area contributed by atoms with E-state index in [0.29, 0.717) is 38.5 Å². The minimum absolute atomic E-state index is 0.00880. The lowest BCUT2D eigenvalue weighted by Crippen LogP contribution is -2.51. The van der Waals surface area contributed by atoms with E-state index < -0.39 is 0 Å². The van der Waals surface area contributed by atoms with Gasteiger partial charge in [-0.25, -0.2) is 4.98 Å². The Kier molecular flexibility index (Phi) is 7.93. The number of aryl methyl sites for hydroxylation is 3. The van der Waals surface area contributed by atoms with Gasteiger partial charge in [-0.05, 0) is 31.4 Å². The molecule has 0 saturated carbocycles. The molecular weight excluding hydrogens is 398 g/mol. The first-order valence-electron chi connectivity index (χ1n) is 10.5. The van der Waals surface area contributed by atoms with E-state index in [1.807, 2.05) is 43.1 Å². The smallest absolute Gasteiger partial charge is 0.238 e. The molecule has 1 aromatic carbocycles. The second-order valence-electron chi connectivity index (χ2n) is 7.66. The predicted molar refractivity (Wildman–Crippen MR) is 121 cm³/mol. The minimum atomic E-state index is -0.00880. The first-order chi connectivity index (χ1) is 14.5. The zero-order chi connectivity index (χ0) is 21.5. The number of nitrogens with one attached hydrogen (secondary N) is 1. The molecule has 8 heteroatoms. The number of carbonyl (C=O) groups is 2. The number of thioether (sulfide) groups is 1. The molecule has 2 aromatic rings. The number of aromatic nitrogens is 2. The zero-order valence-electron chi connectivity index (χ0n) is 18.1. The highest BCUT2D eigenvalue weighted by Gasteiger charge is 2.23. The average molecular weight is 430 g/mol. The van der Waals surface area contributed by atoms with Crippen molar-refractivity contribution in [2.75, 3.05) is 43.8 Å². The van der Waals surface area contributed by atoms with Crippen molar-refractivity contribution in [1.82, 2.24) is 19.4 Å². The Balaban J connectivity index is 1.42. The fraction of sp³-hybridized carbons (Fsp3) is 0.500. The summed E-state index contributed by atoms with van der Waals surface area (Å²) < 4.78 is 2.09. The minimum Gasteiger partial charge on any atom is -0.339 e. The summed E-state index contributed by atoms with van der Waals surface area (Å²) >= 11 is 1.49. The first kappa shape index (κ1) is 22.4. The molecule has 0 spiro atoms. The van der Waals surface area contributed by atoms with Crippen LogP contribution in [0.25, 0.3) is 0 Å². The molecular formula is C22H31N5O2S. The van der Waals surface area contributed by atoms with Gasteiger partial charge in [0.15, 0.2) is 5.16 Å². The molecule has 2 heterocycles. The van der Waals surface area contributed by atoms with Gasteiger partial charge in [-0.3, -0.25) is 14.5 Å². The van der Waals surface area contributed by atoms with E-state index in [9.17, 15) is 9.59 Å². The van der Waals surface area contributed by atoms with Crippen molar-refractivity contribution < 1.29 is 9.59 Å². The molecule has 0 aliphatic carbocycles. The molecule has 1 saturated heterocycles. The lowest BCUT2D eigenvalue weighted by atomic mass is 10.1. The van der Waals surface area contributed by atoms with Crippen LogP contribution < -0.4 is 5.32 Å². The van der Waals surface area contributed by atoms with Gasteiger partial charge >= 0.3 is 0 Å². The summed E-state index contributed by atoms with van der Waals surface area (Å²) in [7, 11) is 0. The Morgan fingerprint density at radius 3 is 2.50 bits per heavy atom. The number of nitrogens with zero attached hydrogens (tertiary/aromatic N) is 4. The van der Waals surface area contributed by atoms with E-state index in [0.717, 1.165) is 34.9 Å². The number of rotatable bonds is 8. The van der Waals surface area contributed by atoms with Crippen molar-refractivity contribution in [3.8, 4) is 0 Å². The molecule has 30 heavy (non-hydrogen) atoms. The third-order valence-electron chi connectivity index (χ3n) is 5.30. The van der Waals surface area contributed by atoms with Crippen LogP contribution in [0, 0.1) is 13.8 Å². The van der Waals surface area contributed by atoms with Gasteiger partial charge in [0.1, 0.15) is 0 Å². The number of benzene rings is 1. The summed E-state index contributed by atoms with van der Waals surface area (Å²) in [4.78, 5) is 33.4. The van der Waals surface area contributed by atoms with Gasteiger partial charge in [-0.2, -0.15) is 0 Å². The number of anilines is 1. The second-order valence-corrected chi connectivity index (χ2v) is 8.61. The standard InChI is InChI=1S/C22H31N5O2S/c1-4-9-27-10-8-23-22(27)30-16-20(29)26-13-11-25(12-14-26)15-19(28)24-21-17(2)6-5-7-18(21)3/h5-8,10H,4,9,11-16H2,1-3H3,(H,24,28). The summed E-state index contributed by atoms with van der Waals surface area (Å²) in [5.41, 5.74) is 3.03. The molecule has 1 aromatic heterocycles. The molecule has 1 aliphatic rings. The van der Waals surface area contributed by atoms with E-state index in [4.69, 9.17) is 0 Å². The van der Waals surface area contributed by atoms with E-state index in [1.54, 1.807) is 6.20 Å². The Morgan fingerprint density at radius 2 is 1.83 bits per heavy atom. The summed E-state index contributed by atoms with van der Waals surface area (Å²) in [6.07, 6.45) is 4.78. The topological polar surface area (TPSA) is 70.5 Å². The predicted octanol–water partition coefficient (Wildman–Crippen LogP) is 2.78. The lowest BCUT2D eigenvalue weighted by Gasteiger charge is -2.34. The fourth-order valence-electron chi connectivity index (χ4n) is 3.61. The SMILES string of the molecule is CCCn1ccnc1SCC(=O)N1CCN(CC(=O)Nc2c(C)cccc2C)CC1. The number of piperazine rings is 1. The monoisotopic (exact) mass is 429 g/mol. The van der Waals surface area contributed by atoms with Gasteiger partial charge in [0.05, 0.1) is 12.3 Å². The molecule has 3 rings (SSSR count). The van der Waals surface area contributed by atoms with Gasteiger partial charge in [0.25, 0.3) is 0 Å². The molecule has 0 unspecified atom stereocenters. The van der Waals surface area contributed by atoms with Crippen LogP contribution in [0.1, 0.15) is 24.5 Å². The molecule has 7 nitrogen and oxygen atoms in total. The quantitative estimate of drug-likeness (QED) is 0.654. The summed E-state index contributed by atoms with van der Waals surface area (Å²) in [6, 6.07) is 5.99. The van der Waals surface area contributed by atoms with Crippen molar-refractivity contribution in [3.63, 3.8) is 0 Å². The zero-order valence-corrected chi connectivity index (χ0v) is 18.9. The molecule has 1 fully saturated rings. The van der Waals surface area contributed by atoms with Crippen LogP contribution in [-0.4, -0.2) is 69.6 Å². The number of hydrogen-bond donors (Lipinski definition) is 1. The molecule has 1 aliphatic heterocycles. The average Bonchev–Trinajstić information content (AvgIpc) is 3.17. The fourth-order valence-corrected chi connectivity index (χ4v) is 4.50. The summed E-state index contributed by atoms with van der Waals surface area (Å²) in [5.74, 6) is 0.518. The van der Waals surface area contributed by atoms with Crippen LogP contribution in [0.2, 0.25) is 0 Å². The Hall–Kier alpha value is -2.32. The highest BCUT2D eigenvalue weighted by Crippen LogP contribution is 2.20. The Labute approximate surface area is 182 Å². The van der Waals surface area contributed by atoms with Crippen LogP contribution in [0.15, 0.2) is 35.7 Å². The number of para-hydroxylation sites is 1. The number of carbonyl (C=O) groups excluding carboxylic acids is 2. The van der Waals surface area contributed by atoms with E-state index in [-0.39, 0.29) is 11.8 Å². The van der Waals surface area contributed by atoms with Crippen LogP contribution in [0.3, 0.4) is 0 Å². The van der Waals surface area contributed by atoms with Crippen molar-refractivity contribution in [2.24, 2.45) is 0 Å². The Bertz CT molecular complexity index is 854. The Morgan fingerprint density at radius 1 is 1.13 bits per heavy atom. The first-order valence-corrected chi connectivity index (χ1v) is 11.5. The molecule has 0 bridgehead atoms. The van der Waals surface area contributed by atoms with E-state index in [2.05, 4.69) is 26.7 Å².